The molecule has 2 bridgehead atoms. The second-order valence-electron chi connectivity index (χ2n) is 9.18. The first kappa shape index (κ1) is 22.5. The van der Waals surface area contributed by atoms with Crippen LogP contribution in [0.1, 0.15) is 47.2 Å². The predicted molar refractivity (Wildman–Crippen MR) is 128 cm³/mol. The Balaban J connectivity index is 1.46. The third kappa shape index (κ3) is 4.18. The van der Waals surface area contributed by atoms with Crippen molar-refractivity contribution in [3.8, 4) is 5.75 Å². The Kier molecular flexibility index (Phi) is 5.85. The maximum atomic E-state index is 13.3. The summed E-state index contributed by atoms with van der Waals surface area (Å²) in [6, 6.07) is 11.1. The van der Waals surface area contributed by atoms with Gasteiger partial charge in [0, 0.05) is 16.1 Å². The highest BCUT2D eigenvalue weighted by molar-refractivity contribution is 9.10. The van der Waals surface area contributed by atoms with Gasteiger partial charge < -0.3 is 4.74 Å². The first-order chi connectivity index (χ1) is 16.3. The van der Waals surface area contributed by atoms with Gasteiger partial charge >= 0.3 is 12.0 Å². The number of carbonyl (C=O) groups is 4. The molecular weight excluding hydrogens is 500 g/mol. The standard InChI is InChI=1S/C26H23BrN2O5/c1-14-3-2-4-17(9-14)25(32)34-22-8-7-19(27)12-18(22)13-20-23(30)28-26(33)29(24(20)31)21-11-15-5-6-16(21)10-15/h2-4,7-9,12-13,15-16,21H,5-6,10-11H2,1H3,(H,28,30,33)/b20-13-/t15-,16-,21+/m0/s1. The minimum absolute atomic E-state index is 0.159. The van der Waals surface area contributed by atoms with Crippen LogP contribution in [0.2, 0.25) is 0 Å². The van der Waals surface area contributed by atoms with Gasteiger partial charge in [-0.1, -0.05) is 40.0 Å². The SMILES string of the molecule is Cc1cccc(C(=O)Oc2ccc(Br)cc2/C=C2/C(=O)NC(=O)N([C@@H]3C[C@H]4CC[C@H]3C4)C2=O)c1. The number of hydrogen-bond donors (Lipinski definition) is 1. The Morgan fingerprint density at radius 1 is 1.12 bits per heavy atom. The Labute approximate surface area is 205 Å². The smallest absolute Gasteiger partial charge is 0.343 e. The van der Waals surface area contributed by atoms with E-state index in [1.807, 2.05) is 13.0 Å². The molecule has 0 spiro atoms. The molecule has 3 fully saturated rings. The van der Waals surface area contributed by atoms with Crippen molar-refractivity contribution < 1.29 is 23.9 Å². The van der Waals surface area contributed by atoms with Gasteiger partial charge in [0.15, 0.2) is 0 Å². The predicted octanol–water partition coefficient (Wildman–Crippen LogP) is 4.63. The maximum absolute atomic E-state index is 13.3. The van der Waals surface area contributed by atoms with Crippen LogP contribution in [0.15, 0.2) is 52.5 Å². The van der Waals surface area contributed by atoms with Gasteiger partial charge in [-0.25, -0.2) is 9.59 Å². The van der Waals surface area contributed by atoms with Crippen molar-refractivity contribution in [2.75, 3.05) is 0 Å². The molecule has 1 saturated heterocycles. The molecule has 2 saturated carbocycles. The number of benzene rings is 2. The Morgan fingerprint density at radius 3 is 2.65 bits per heavy atom. The number of aryl methyl sites for hydroxylation is 1. The van der Waals surface area contributed by atoms with E-state index in [-0.39, 0.29) is 23.3 Å². The molecule has 2 aromatic rings. The van der Waals surface area contributed by atoms with Crippen LogP contribution in [0.25, 0.3) is 6.08 Å². The minimum Gasteiger partial charge on any atom is -0.422 e. The summed E-state index contributed by atoms with van der Waals surface area (Å²) in [6.07, 6.45) is 5.29. The summed E-state index contributed by atoms with van der Waals surface area (Å²) in [6.45, 7) is 1.88. The number of esters is 1. The van der Waals surface area contributed by atoms with Gasteiger partial charge in [-0.15, -0.1) is 0 Å². The van der Waals surface area contributed by atoms with Crippen LogP contribution < -0.4 is 10.1 Å². The number of barbiturate groups is 1. The van der Waals surface area contributed by atoms with Crippen LogP contribution in [0, 0.1) is 18.8 Å². The van der Waals surface area contributed by atoms with E-state index in [1.54, 1.807) is 36.4 Å². The first-order valence-electron chi connectivity index (χ1n) is 11.3. The van der Waals surface area contributed by atoms with Crippen molar-refractivity contribution in [3.05, 3.63) is 69.2 Å². The quantitative estimate of drug-likeness (QED) is 0.273. The summed E-state index contributed by atoms with van der Waals surface area (Å²) in [4.78, 5) is 52.5. The number of ether oxygens (including phenoxy) is 1. The summed E-state index contributed by atoms with van der Waals surface area (Å²) < 4.78 is 6.29. The average Bonchev–Trinajstić information content (AvgIpc) is 3.42. The molecule has 3 atom stereocenters. The molecule has 8 heteroatoms. The van der Waals surface area contributed by atoms with Crippen LogP contribution in [-0.4, -0.2) is 34.8 Å². The van der Waals surface area contributed by atoms with E-state index in [1.165, 1.54) is 11.0 Å². The molecule has 5 rings (SSSR count). The second kappa shape index (κ2) is 8.83. The van der Waals surface area contributed by atoms with Crippen LogP contribution in [-0.2, 0) is 9.59 Å². The fraction of sp³-hybridized carbons (Fsp3) is 0.308. The lowest BCUT2D eigenvalue weighted by molar-refractivity contribution is -0.132. The van der Waals surface area contributed by atoms with Gasteiger partial charge in [-0.2, -0.15) is 0 Å². The first-order valence-corrected chi connectivity index (χ1v) is 12.1. The molecule has 4 amide bonds. The van der Waals surface area contributed by atoms with E-state index in [9.17, 15) is 19.2 Å². The van der Waals surface area contributed by atoms with Gasteiger partial charge in [0.25, 0.3) is 11.8 Å². The van der Waals surface area contributed by atoms with Crippen LogP contribution in [0.5, 0.6) is 5.75 Å². The highest BCUT2D eigenvalue weighted by Gasteiger charge is 2.49. The molecule has 1 aliphatic heterocycles. The number of rotatable bonds is 4. The lowest BCUT2D eigenvalue weighted by Crippen LogP contribution is -2.58. The van der Waals surface area contributed by atoms with E-state index < -0.39 is 23.8 Å². The number of nitrogens with zero attached hydrogens (tertiary/aromatic N) is 1. The van der Waals surface area contributed by atoms with E-state index in [0.29, 0.717) is 21.5 Å². The molecule has 0 aromatic heterocycles. The molecule has 34 heavy (non-hydrogen) atoms. The van der Waals surface area contributed by atoms with Crippen molar-refractivity contribution >= 4 is 45.8 Å². The normalized spacial score (nSPS) is 25.1. The average molecular weight is 523 g/mol. The Morgan fingerprint density at radius 2 is 1.94 bits per heavy atom. The van der Waals surface area contributed by atoms with E-state index in [0.717, 1.165) is 31.2 Å². The summed E-state index contributed by atoms with van der Waals surface area (Å²) in [5, 5.41) is 2.31. The van der Waals surface area contributed by atoms with Gasteiger partial charge in [0.2, 0.25) is 0 Å². The zero-order valence-electron chi connectivity index (χ0n) is 18.5. The fourth-order valence-corrected chi connectivity index (χ4v) is 5.69. The molecule has 0 radical (unpaired) electrons. The van der Waals surface area contributed by atoms with Gasteiger partial charge in [0.1, 0.15) is 11.3 Å². The number of amides is 4. The maximum Gasteiger partial charge on any atom is 0.343 e. The van der Waals surface area contributed by atoms with Crippen molar-refractivity contribution in [1.29, 1.82) is 0 Å². The molecule has 2 aromatic carbocycles. The number of urea groups is 1. The third-order valence-corrected chi connectivity index (χ3v) is 7.39. The third-order valence-electron chi connectivity index (χ3n) is 6.89. The van der Waals surface area contributed by atoms with Crippen LogP contribution >= 0.6 is 15.9 Å². The summed E-state index contributed by atoms with van der Waals surface area (Å²) in [5.74, 6) is -0.910. The highest BCUT2D eigenvalue weighted by atomic mass is 79.9. The van der Waals surface area contributed by atoms with Crippen LogP contribution in [0.3, 0.4) is 0 Å². The Bertz CT molecular complexity index is 1250. The summed E-state index contributed by atoms with van der Waals surface area (Å²) in [5.41, 5.74) is 1.52. The van der Waals surface area contributed by atoms with Gasteiger partial charge in [-0.3, -0.25) is 19.8 Å². The molecule has 1 N–H and O–H groups in total. The number of halogens is 1. The van der Waals surface area contributed by atoms with Gasteiger partial charge in [-0.05, 0) is 74.4 Å². The van der Waals surface area contributed by atoms with Crippen molar-refractivity contribution in [1.82, 2.24) is 10.2 Å². The van der Waals surface area contributed by atoms with Crippen molar-refractivity contribution in [3.63, 3.8) is 0 Å². The Hall–Kier alpha value is -3.26. The largest absolute Gasteiger partial charge is 0.422 e. The van der Waals surface area contributed by atoms with E-state index in [4.69, 9.17) is 4.74 Å². The molecule has 0 unspecified atom stereocenters. The molecule has 3 aliphatic rings. The summed E-state index contributed by atoms with van der Waals surface area (Å²) in [7, 11) is 0. The van der Waals surface area contributed by atoms with Crippen molar-refractivity contribution in [2.45, 2.75) is 38.6 Å². The number of carbonyl (C=O) groups excluding carboxylic acids is 4. The molecule has 174 valence electrons. The number of hydrogen-bond acceptors (Lipinski definition) is 5. The van der Waals surface area contributed by atoms with Crippen LogP contribution in [0.4, 0.5) is 4.79 Å². The zero-order chi connectivity index (χ0) is 24.0. The number of fused-ring (bicyclic) bond motifs is 2. The summed E-state index contributed by atoms with van der Waals surface area (Å²) >= 11 is 3.39. The number of imide groups is 2. The lowest BCUT2D eigenvalue weighted by atomic mass is 9.93. The molecule has 7 nitrogen and oxygen atoms in total. The fourth-order valence-electron chi connectivity index (χ4n) is 5.31. The topological polar surface area (TPSA) is 92.8 Å². The zero-order valence-corrected chi connectivity index (χ0v) is 20.1. The van der Waals surface area contributed by atoms with E-state index in [2.05, 4.69) is 21.2 Å². The monoisotopic (exact) mass is 522 g/mol. The molecule has 2 aliphatic carbocycles. The van der Waals surface area contributed by atoms with Crippen molar-refractivity contribution in [2.24, 2.45) is 11.8 Å². The lowest BCUT2D eigenvalue weighted by Gasteiger charge is -2.35. The minimum atomic E-state index is -0.759. The number of nitrogens with one attached hydrogen (secondary N) is 1. The highest BCUT2D eigenvalue weighted by Crippen LogP contribution is 2.47. The second-order valence-corrected chi connectivity index (χ2v) is 10.1. The van der Waals surface area contributed by atoms with Gasteiger partial charge in [0.05, 0.1) is 5.56 Å². The molecular formula is C26H23BrN2O5. The van der Waals surface area contributed by atoms with E-state index >= 15 is 0 Å². The molecule has 1 heterocycles.